The van der Waals surface area contributed by atoms with Crippen LogP contribution in [-0.4, -0.2) is 50.2 Å². The van der Waals surface area contributed by atoms with Crippen molar-refractivity contribution in [3.05, 3.63) is 36.3 Å². The number of amides is 3. The van der Waals surface area contributed by atoms with Crippen LogP contribution < -0.4 is 10.6 Å². The minimum atomic E-state index is -0.485. The summed E-state index contributed by atoms with van der Waals surface area (Å²) in [5.74, 6) is 0.383. The van der Waals surface area contributed by atoms with Gasteiger partial charge in [-0.25, -0.2) is 14.5 Å². The Morgan fingerprint density at radius 1 is 1.33 bits per heavy atom. The molecule has 0 aromatic carbocycles. The van der Waals surface area contributed by atoms with E-state index in [2.05, 4.69) is 26.8 Å². The van der Waals surface area contributed by atoms with E-state index in [0.29, 0.717) is 36.1 Å². The Morgan fingerprint density at radius 3 is 2.93 bits per heavy atom. The predicted molar refractivity (Wildman–Crippen MR) is 96.0 cm³/mol. The maximum absolute atomic E-state index is 12.4. The van der Waals surface area contributed by atoms with Crippen molar-refractivity contribution >= 4 is 17.6 Å². The van der Waals surface area contributed by atoms with Crippen LogP contribution in [0.15, 0.2) is 30.7 Å². The van der Waals surface area contributed by atoms with Gasteiger partial charge in [-0.3, -0.25) is 4.79 Å². The smallest absolute Gasteiger partial charge is 0.319 e. The largest absolute Gasteiger partial charge is 0.338 e. The first-order chi connectivity index (χ1) is 13.2. The predicted octanol–water partition coefficient (Wildman–Crippen LogP) is 1.41. The molecule has 9 nitrogen and oxygen atoms in total. The normalized spacial score (nSPS) is 19.4. The Morgan fingerprint density at radius 2 is 2.19 bits per heavy atom. The number of likely N-dealkylation sites (tertiary alicyclic amines) is 1. The second-order valence-electron chi connectivity index (χ2n) is 6.72. The number of carbonyl (C=O) groups is 2. The zero-order valence-electron chi connectivity index (χ0n) is 14.6. The first-order valence-corrected chi connectivity index (χ1v) is 8.94. The molecule has 2 aromatic rings. The molecule has 2 N–H and O–H groups in total. The lowest BCUT2D eigenvalue weighted by molar-refractivity contribution is -0.132. The average molecular weight is 365 g/mol. The highest BCUT2D eigenvalue weighted by Gasteiger charge is 2.38. The van der Waals surface area contributed by atoms with Gasteiger partial charge in [-0.1, -0.05) is 0 Å². The van der Waals surface area contributed by atoms with Crippen molar-refractivity contribution in [2.75, 3.05) is 11.9 Å². The molecule has 1 saturated carbocycles. The van der Waals surface area contributed by atoms with E-state index < -0.39 is 12.1 Å². The van der Waals surface area contributed by atoms with Crippen molar-refractivity contribution < 1.29 is 9.59 Å². The molecule has 1 aliphatic carbocycles. The number of nitrogens with one attached hydrogen (secondary N) is 2. The third-order valence-corrected chi connectivity index (χ3v) is 5.03. The van der Waals surface area contributed by atoms with Crippen LogP contribution in [0.4, 0.5) is 10.5 Å². The van der Waals surface area contributed by atoms with E-state index in [1.165, 1.54) is 17.3 Å². The fourth-order valence-electron chi connectivity index (χ4n) is 3.39. The zero-order chi connectivity index (χ0) is 18.8. The molecule has 27 heavy (non-hydrogen) atoms. The van der Waals surface area contributed by atoms with Gasteiger partial charge < -0.3 is 15.5 Å². The number of urea groups is 1. The number of nitrogens with zero attached hydrogens (tertiary/aromatic N) is 5. The van der Waals surface area contributed by atoms with Crippen LogP contribution in [0.25, 0.3) is 5.82 Å². The summed E-state index contributed by atoms with van der Waals surface area (Å²) in [6.45, 7) is 0.697. The SMILES string of the molecule is N#Cc1cccnc1-n1cc(NC(=O)NC2CCN(C3CCC3)C2=O)cn1. The summed E-state index contributed by atoms with van der Waals surface area (Å²) in [6.07, 6.45) is 8.51. The van der Waals surface area contributed by atoms with Crippen LogP contribution in [0, 0.1) is 11.3 Å². The molecule has 1 saturated heterocycles. The summed E-state index contributed by atoms with van der Waals surface area (Å²) in [4.78, 5) is 30.7. The molecule has 9 heteroatoms. The highest BCUT2D eigenvalue weighted by Crippen LogP contribution is 2.28. The van der Waals surface area contributed by atoms with E-state index in [4.69, 9.17) is 5.26 Å². The third kappa shape index (κ3) is 3.33. The molecule has 0 bridgehead atoms. The number of pyridine rings is 1. The molecule has 2 aromatic heterocycles. The van der Waals surface area contributed by atoms with Crippen LogP contribution in [-0.2, 0) is 4.79 Å². The topological polar surface area (TPSA) is 116 Å². The third-order valence-electron chi connectivity index (χ3n) is 5.03. The first-order valence-electron chi connectivity index (χ1n) is 8.94. The summed E-state index contributed by atoms with van der Waals surface area (Å²) in [5.41, 5.74) is 0.826. The van der Waals surface area contributed by atoms with Crippen molar-refractivity contribution in [2.45, 2.75) is 37.8 Å². The summed E-state index contributed by atoms with van der Waals surface area (Å²) >= 11 is 0. The Hall–Kier alpha value is -3.41. The van der Waals surface area contributed by atoms with Crippen molar-refractivity contribution in [2.24, 2.45) is 0 Å². The van der Waals surface area contributed by atoms with Gasteiger partial charge in [0.25, 0.3) is 0 Å². The summed E-state index contributed by atoms with van der Waals surface area (Å²) in [7, 11) is 0. The van der Waals surface area contributed by atoms with Crippen molar-refractivity contribution in [1.29, 1.82) is 5.26 Å². The quantitative estimate of drug-likeness (QED) is 0.850. The molecular formula is C18H19N7O2. The fourth-order valence-corrected chi connectivity index (χ4v) is 3.39. The van der Waals surface area contributed by atoms with Gasteiger partial charge in [0.1, 0.15) is 12.1 Å². The van der Waals surface area contributed by atoms with Gasteiger partial charge in [-0.05, 0) is 37.8 Å². The summed E-state index contributed by atoms with van der Waals surface area (Å²) < 4.78 is 1.42. The molecule has 138 valence electrons. The van der Waals surface area contributed by atoms with E-state index in [9.17, 15) is 9.59 Å². The van der Waals surface area contributed by atoms with Gasteiger partial charge in [0, 0.05) is 18.8 Å². The molecule has 2 aliphatic rings. The molecule has 2 fully saturated rings. The summed E-state index contributed by atoms with van der Waals surface area (Å²) in [5, 5.41) is 18.7. The van der Waals surface area contributed by atoms with Gasteiger partial charge in [0.15, 0.2) is 5.82 Å². The molecule has 3 amide bonds. The minimum absolute atomic E-state index is 0.00214. The van der Waals surface area contributed by atoms with Crippen LogP contribution in [0.3, 0.4) is 0 Å². The highest BCUT2D eigenvalue weighted by molar-refractivity contribution is 5.94. The monoisotopic (exact) mass is 365 g/mol. The Bertz CT molecular complexity index is 912. The Kier molecular flexibility index (Phi) is 4.46. The van der Waals surface area contributed by atoms with E-state index >= 15 is 0 Å². The first kappa shape index (κ1) is 17.0. The number of aromatic nitrogens is 3. The lowest BCUT2D eigenvalue weighted by Crippen LogP contribution is -2.47. The van der Waals surface area contributed by atoms with Gasteiger partial charge in [0.05, 0.1) is 23.6 Å². The molecule has 1 unspecified atom stereocenters. The minimum Gasteiger partial charge on any atom is -0.338 e. The van der Waals surface area contributed by atoms with Crippen molar-refractivity contribution in [3.8, 4) is 11.9 Å². The van der Waals surface area contributed by atoms with Crippen LogP contribution in [0.5, 0.6) is 0 Å². The number of hydrogen-bond acceptors (Lipinski definition) is 5. The molecule has 4 rings (SSSR count). The molecule has 3 heterocycles. The van der Waals surface area contributed by atoms with E-state index in [1.807, 2.05) is 4.90 Å². The number of nitriles is 1. The van der Waals surface area contributed by atoms with Gasteiger partial charge in [0.2, 0.25) is 5.91 Å². The molecule has 1 atom stereocenters. The van der Waals surface area contributed by atoms with E-state index in [0.717, 1.165) is 12.8 Å². The lowest BCUT2D eigenvalue weighted by atomic mass is 9.92. The standard InChI is InChI=1S/C18H19N7O2/c19-9-12-3-2-7-20-16(12)25-11-13(10-21-25)22-18(27)23-15-6-8-24(17(15)26)14-4-1-5-14/h2-3,7,10-11,14-15H,1,4-6,8H2,(H2,22,23,27). The molecule has 1 aliphatic heterocycles. The van der Waals surface area contributed by atoms with E-state index in [1.54, 1.807) is 24.5 Å². The Balaban J connectivity index is 1.37. The molecule has 0 spiro atoms. The van der Waals surface area contributed by atoms with Crippen LogP contribution in [0.1, 0.15) is 31.2 Å². The van der Waals surface area contributed by atoms with Crippen LogP contribution in [0.2, 0.25) is 0 Å². The molecule has 0 radical (unpaired) electrons. The molecular weight excluding hydrogens is 346 g/mol. The highest BCUT2D eigenvalue weighted by atomic mass is 16.2. The maximum atomic E-state index is 12.4. The fraction of sp³-hybridized carbons (Fsp3) is 0.389. The number of hydrogen-bond donors (Lipinski definition) is 2. The van der Waals surface area contributed by atoms with Crippen LogP contribution >= 0.6 is 0 Å². The second kappa shape index (κ2) is 7.07. The van der Waals surface area contributed by atoms with Crippen molar-refractivity contribution in [1.82, 2.24) is 25.0 Å². The lowest BCUT2D eigenvalue weighted by Gasteiger charge is -2.34. The van der Waals surface area contributed by atoms with Gasteiger partial charge in [-0.2, -0.15) is 10.4 Å². The number of anilines is 1. The zero-order valence-corrected chi connectivity index (χ0v) is 14.6. The van der Waals surface area contributed by atoms with E-state index in [-0.39, 0.29) is 5.91 Å². The number of carbonyl (C=O) groups excluding carboxylic acids is 2. The Labute approximate surface area is 156 Å². The van der Waals surface area contributed by atoms with Crippen molar-refractivity contribution in [3.63, 3.8) is 0 Å². The average Bonchev–Trinajstić information content (AvgIpc) is 3.22. The summed E-state index contributed by atoms with van der Waals surface area (Å²) in [6, 6.07) is 4.77. The van der Waals surface area contributed by atoms with Gasteiger partial charge in [-0.15, -0.1) is 0 Å². The second-order valence-corrected chi connectivity index (χ2v) is 6.72. The maximum Gasteiger partial charge on any atom is 0.319 e. The number of rotatable bonds is 4. The van der Waals surface area contributed by atoms with Gasteiger partial charge >= 0.3 is 6.03 Å².